The maximum Gasteiger partial charge on any atom is 0.266 e. The number of aliphatic hydroxyl groups excluding tert-OH is 2. The lowest BCUT2D eigenvalue weighted by Gasteiger charge is -2.48. The summed E-state index contributed by atoms with van der Waals surface area (Å²) >= 11 is 0. The summed E-state index contributed by atoms with van der Waals surface area (Å²) in [6.07, 6.45) is 3.71. The molecule has 0 heterocycles. The quantitative estimate of drug-likeness (QED) is 0.195. The Morgan fingerprint density at radius 2 is 1.96 bits per heavy atom. The van der Waals surface area contributed by atoms with Crippen molar-refractivity contribution >= 4 is 7.82 Å². The highest BCUT2D eigenvalue weighted by Gasteiger charge is 2.49. The Bertz CT molecular complexity index is 419. The molecular weight excluding hydrogens is 333 g/mol. The number of unbranched alkanes of at least 4 members (excludes halogenated alkanes) is 2. The predicted octanol–water partition coefficient (Wildman–Crippen LogP) is 1.18. The van der Waals surface area contributed by atoms with E-state index in [-0.39, 0.29) is 12.5 Å². The first kappa shape index (κ1) is 23.7. The molecule has 0 bridgehead atoms. The summed E-state index contributed by atoms with van der Waals surface area (Å²) in [7, 11) is 0.643. The van der Waals surface area contributed by atoms with Crippen molar-refractivity contribution in [1.82, 2.24) is 0 Å². The van der Waals surface area contributed by atoms with Gasteiger partial charge in [-0.15, -0.1) is 6.58 Å². The Labute approximate surface area is 145 Å². The van der Waals surface area contributed by atoms with E-state index < -0.39 is 26.1 Å². The molecule has 4 atom stereocenters. The highest BCUT2D eigenvalue weighted by molar-refractivity contribution is 7.44. The van der Waals surface area contributed by atoms with Gasteiger partial charge in [-0.05, 0) is 6.42 Å². The molecule has 0 aromatic carbocycles. The van der Waals surface area contributed by atoms with Gasteiger partial charge in [0.05, 0.1) is 33.9 Å². The summed E-state index contributed by atoms with van der Waals surface area (Å²) in [6, 6.07) is -0.373. The van der Waals surface area contributed by atoms with Crippen molar-refractivity contribution in [2.75, 3.05) is 27.7 Å². The number of hydrogen-bond acceptors (Lipinski definition) is 5. The van der Waals surface area contributed by atoms with Gasteiger partial charge in [0.15, 0.2) is 0 Å². The SMILES string of the molecule is C=CCC(C(CCCCC)(CC(O)CO)OP(=O)([O-])O)[N+](C)(C)C. The fourth-order valence-corrected chi connectivity index (χ4v) is 4.06. The molecule has 0 aromatic heterocycles. The first-order chi connectivity index (χ1) is 10.9. The second-order valence-electron chi connectivity index (χ2n) is 7.28. The van der Waals surface area contributed by atoms with Crippen molar-refractivity contribution in [2.24, 2.45) is 0 Å². The van der Waals surface area contributed by atoms with Crippen molar-refractivity contribution < 1.29 is 33.6 Å². The lowest BCUT2D eigenvalue weighted by atomic mass is 9.80. The van der Waals surface area contributed by atoms with Gasteiger partial charge in [-0.2, -0.15) is 0 Å². The zero-order valence-electron chi connectivity index (χ0n) is 15.3. The number of quaternary nitrogens is 1. The molecule has 144 valence electrons. The molecule has 0 fully saturated rings. The third-order valence-electron chi connectivity index (χ3n) is 4.22. The van der Waals surface area contributed by atoms with Crippen LogP contribution < -0.4 is 4.89 Å². The van der Waals surface area contributed by atoms with Crippen LogP contribution in [-0.4, -0.2) is 65.1 Å². The van der Waals surface area contributed by atoms with E-state index in [2.05, 4.69) is 6.58 Å². The maximum atomic E-state index is 11.6. The third kappa shape index (κ3) is 8.21. The zero-order valence-corrected chi connectivity index (χ0v) is 16.2. The van der Waals surface area contributed by atoms with Crippen molar-refractivity contribution in [1.29, 1.82) is 0 Å². The smallest absolute Gasteiger partial charge is 0.266 e. The first-order valence-corrected chi connectivity index (χ1v) is 9.87. The maximum absolute atomic E-state index is 11.6. The summed E-state index contributed by atoms with van der Waals surface area (Å²) in [5.74, 6) is 0. The van der Waals surface area contributed by atoms with E-state index in [4.69, 9.17) is 4.52 Å². The third-order valence-corrected chi connectivity index (χ3v) is 4.82. The molecule has 8 heteroatoms. The second-order valence-corrected chi connectivity index (χ2v) is 8.40. The molecule has 0 saturated carbocycles. The minimum atomic E-state index is -5.04. The number of nitrogens with zero attached hydrogens (tertiary/aromatic N) is 1. The Kier molecular flexibility index (Phi) is 9.91. The average Bonchev–Trinajstić information content (AvgIpc) is 2.41. The number of phosphoric acid groups is 1. The molecule has 4 unspecified atom stereocenters. The second kappa shape index (κ2) is 10.0. The summed E-state index contributed by atoms with van der Waals surface area (Å²) in [5, 5.41) is 19.2. The molecule has 24 heavy (non-hydrogen) atoms. The Balaban J connectivity index is 5.97. The van der Waals surface area contributed by atoms with E-state index in [0.717, 1.165) is 12.8 Å². The number of likely N-dealkylation sites (N-methyl/N-ethyl adjacent to an activating group) is 1. The van der Waals surface area contributed by atoms with Gasteiger partial charge in [0.1, 0.15) is 11.6 Å². The number of hydrogen-bond donors (Lipinski definition) is 3. The van der Waals surface area contributed by atoms with E-state index in [1.54, 1.807) is 6.08 Å². The van der Waals surface area contributed by atoms with Crippen LogP contribution in [0.25, 0.3) is 0 Å². The minimum Gasteiger partial charge on any atom is -0.756 e. The van der Waals surface area contributed by atoms with Crippen LogP contribution in [0.3, 0.4) is 0 Å². The largest absolute Gasteiger partial charge is 0.756 e. The van der Waals surface area contributed by atoms with Crippen LogP contribution in [0.4, 0.5) is 0 Å². The lowest BCUT2D eigenvalue weighted by Crippen LogP contribution is -2.60. The molecule has 0 amide bonds. The molecule has 7 nitrogen and oxygen atoms in total. The van der Waals surface area contributed by atoms with Crippen molar-refractivity contribution in [2.45, 2.75) is 63.2 Å². The average molecular weight is 367 g/mol. The molecular formula is C16H34NO6P. The van der Waals surface area contributed by atoms with Crippen LogP contribution in [0, 0.1) is 0 Å². The Morgan fingerprint density at radius 3 is 2.33 bits per heavy atom. The number of phosphoric ester groups is 1. The van der Waals surface area contributed by atoms with E-state index in [1.807, 2.05) is 28.1 Å². The highest BCUT2D eigenvalue weighted by Crippen LogP contribution is 2.46. The van der Waals surface area contributed by atoms with Gasteiger partial charge < -0.3 is 29.0 Å². The first-order valence-electron chi connectivity index (χ1n) is 8.37. The van der Waals surface area contributed by atoms with Gasteiger partial charge in [0, 0.05) is 12.8 Å². The van der Waals surface area contributed by atoms with E-state index in [9.17, 15) is 24.6 Å². The Hall–Kier alpha value is -0.270. The van der Waals surface area contributed by atoms with Crippen molar-refractivity contribution in [3.63, 3.8) is 0 Å². The highest BCUT2D eigenvalue weighted by atomic mass is 31.2. The summed E-state index contributed by atoms with van der Waals surface area (Å²) in [5.41, 5.74) is -1.32. The topological polar surface area (TPSA) is 110 Å². The van der Waals surface area contributed by atoms with E-state index >= 15 is 0 Å². The fourth-order valence-electron chi connectivity index (χ4n) is 3.31. The summed E-state index contributed by atoms with van der Waals surface area (Å²) < 4.78 is 17.1. The minimum absolute atomic E-state index is 0.0893. The Morgan fingerprint density at radius 1 is 1.38 bits per heavy atom. The molecule has 0 aromatic rings. The number of rotatable bonds is 13. The van der Waals surface area contributed by atoms with Gasteiger partial charge in [0.2, 0.25) is 0 Å². The van der Waals surface area contributed by atoms with Gasteiger partial charge in [-0.3, -0.25) is 4.57 Å². The molecule has 3 N–H and O–H groups in total. The fraction of sp³-hybridized carbons (Fsp3) is 0.875. The van der Waals surface area contributed by atoms with E-state index in [0.29, 0.717) is 23.7 Å². The van der Waals surface area contributed by atoms with Gasteiger partial charge in [0.25, 0.3) is 7.82 Å². The summed E-state index contributed by atoms with van der Waals surface area (Å²) in [6.45, 7) is 5.25. The van der Waals surface area contributed by atoms with Gasteiger partial charge >= 0.3 is 0 Å². The van der Waals surface area contributed by atoms with Crippen LogP contribution in [0.15, 0.2) is 12.7 Å². The predicted molar refractivity (Wildman–Crippen MR) is 92.1 cm³/mol. The molecule has 0 aliphatic heterocycles. The molecule has 0 aliphatic carbocycles. The molecule has 0 saturated heterocycles. The van der Waals surface area contributed by atoms with E-state index in [1.165, 1.54) is 0 Å². The lowest BCUT2D eigenvalue weighted by molar-refractivity contribution is -0.903. The normalized spacial score (nSPS) is 20.0. The van der Waals surface area contributed by atoms with Crippen LogP contribution in [0.2, 0.25) is 0 Å². The molecule has 0 radical (unpaired) electrons. The van der Waals surface area contributed by atoms with Crippen molar-refractivity contribution in [3.8, 4) is 0 Å². The molecule has 0 spiro atoms. The number of aliphatic hydroxyl groups is 2. The standard InChI is InChI=1S/C16H34NO6P/c1-6-8-9-11-16(12-14(19)13-18,23-24(20,21)22)15(10-7-2)17(3,4)5/h7,14-15,18-19H,2,6,8-13H2,1,3-5H3,(H-,20,21,22). The monoisotopic (exact) mass is 367 g/mol. The van der Waals surface area contributed by atoms with Crippen LogP contribution in [-0.2, 0) is 9.09 Å². The van der Waals surface area contributed by atoms with Crippen LogP contribution >= 0.6 is 7.82 Å². The summed E-state index contributed by atoms with van der Waals surface area (Å²) in [4.78, 5) is 20.9. The molecule has 0 aliphatic rings. The van der Waals surface area contributed by atoms with Crippen molar-refractivity contribution in [3.05, 3.63) is 12.7 Å². The van der Waals surface area contributed by atoms with Gasteiger partial charge in [-0.25, -0.2) is 0 Å². The zero-order chi connectivity index (χ0) is 19.0. The van der Waals surface area contributed by atoms with Gasteiger partial charge in [-0.1, -0.05) is 32.3 Å². The molecule has 0 rings (SSSR count). The van der Waals surface area contributed by atoms with Crippen LogP contribution in [0.5, 0.6) is 0 Å². The van der Waals surface area contributed by atoms with Crippen LogP contribution in [0.1, 0.15) is 45.4 Å².